The minimum atomic E-state index is -0.373. The Balaban J connectivity index is 1.77. The van der Waals surface area contributed by atoms with Crippen LogP contribution in [0.4, 0.5) is 4.39 Å². The van der Waals surface area contributed by atoms with Crippen molar-refractivity contribution in [2.45, 2.75) is 50.4 Å². The van der Waals surface area contributed by atoms with Gasteiger partial charge in [-0.3, -0.25) is 9.62 Å². The number of carbonyl (C=O) groups excluding carboxylic acids is 1. The first-order valence-corrected chi connectivity index (χ1v) is 11.7. The molecule has 6 heteroatoms. The van der Waals surface area contributed by atoms with Crippen molar-refractivity contribution in [2.75, 3.05) is 19.9 Å². The highest BCUT2D eigenvalue weighted by molar-refractivity contribution is 7.96. The van der Waals surface area contributed by atoms with Crippen LogP contribution in [0.5, 0.6) is 0 Å². The van der Waals surface area contributed by atoms with Crippen molar-refractivity contribution in [3.63, 3.8) is 0 Å². The molecule has 0 radical (unpaired) electrons. The molecular formula is C24H31FN2O2S. The molecular weight excluding hydrogens is 399 g/mol. The summed E-state index contributed by atoms with van der Waals surface area (Å²) in [5.41, 5.74) is 3.14. The van der Waals surface area contributed by atoms with Gasteiger partial charge in [0, 0.05) is 18.1 Å². The van der Waals surface area contributed by atoms with Gasteiger partial charge >= 0.3 is 0 Å². The van der Waals surface area contributed by atoms with Crippen molar-refractivity contribution in [1.29, 1.82) is 0 Å². The lowest BCUT2D eigenvalue weighted by Gasteiger charge is -2.44. The van der Waals surface area contributed by atoms with Crippen LogP contribution in [0.15, 0.2) is 48.5 Å². The van der Waals surface area contributed by atoms with Gasteiger partial charge in [-0.25, -0.2) is 4.39 Å². The molecule has 4 unspecified atom stereocenters. The Morgan fingerprint density at radius 1 is 1.23 bits per heavy atom. The molecule has 0 aromatic heterocycles. The summed E-state index contributed by atoms with van der Waals surface area (Å²) in [4.78, 5) is 13.3. The number of piperidine rings is 1. The first-order valence-electron chi connectivity index (χ1n) is 10.4. The van der Waals surface area contributed by atoms with Gasteiger partial charge in [-0.05, 0) is 68.3 Å². The summed E-state index contributed by atoms with van der Waals surface area (Å²) >= 11 is 1.65. The minimum absolute atomic E-state index is 0.221. The molecule has 0 aliphatic carbocycles. The summed E-state index contributed by atoms with van der Waals surface area (Å²) in [6.45, 7) is 2.34. The van der Waals surface area contributed by atoms with Crippen molar-refractivity contribution in [2.24, 2.45) is 0 Å². The average Bonchev–Trinajstić information content (AvgIpc) is 2.75. The number of likely N-dealkylation sites (N-methyl/N-ethyl adjacent to an activating group) is 1. The second-order valence-corrected chi connectivity index (χ2v) is 8.63. The molecule has 30 heavy (non-hydrogen) atoms. The number of likely N-dealkylation sites (tertiary alicyclic amines) is 1. The maximum absolute atomic E-state index is 13.7. The van der Waals surface area contributed by atoms with Crippen molar-refractivity contribution in [3.8, 4) is 11.1 Å². The van der Waals surface area contributed by atoms with Gasteiger partial charge in [0.25, 0.3) is 0 Å². The molecule has 1 saturated heterocycles. The Morgan fingerprint density at radius 3 is 2.67 bits per heavy atom. The van der Waals surface area contributed by atoms with E-state index >= 15 is 0 Å². The van der Waals surface area contributed by atoms with Crippen molar-refractivity contribution in [1.82, 2.24) is 9.62 Å². The summed E-state index contributed by atoms with van der Waals surface area (Å²) in [6, 6.07) is 16.0. The SMILES string of the molecule is CSNC1CCC(COC(C)C=O)N(C)C1Cc1cccc(-c2cccc(F)c2)c1. The lowest BCUT2D eigenvalue weighted by atomic mass is 9.87. The Labute approximate surface area is 183 Å². The number of aldehydes is 1. The van der Waals surface area contributed by atoms with E-state index in [-0.39, 0.29) is 18.0 Å². The largest absolute Gasteiger partial charge is 0.369 e. The molecule has 3 rings (SSSR count). The lowest BCUT2D eigenvalue weighted by Crippen LogP contribution is -2.57. The van der Waals surface area contributed by atoms with Crippen molar-refractivity contribution < 1.29 is 13.9 Å². The van der Waals surface area contributed by atoms with Crippen LogP contribution in [-0.4, -0.2) is 55.3 Å². The lowest BCUT2D eigenvalue weighted by molar-refractivity contribution is -0.118. The fourth-order valence-electron chi connectivity index (χ4n) is 4.19. The van der Waals surface area contributed by atoms with Crippen LogP contribution in [0.3, 0.4) is 0 Å². The van der Waals surface area contributed by atoms with E-state index in [0.29, 0.717) is 18.7 Å². The summed E-state index contributed by atoms with van der Waals surface area (Å²) in [6.07, 6.45) is 5.50. The number of hydrogen-bond acceptors (Lipinski definition) is 5. The molecule has 0 saturated carbocycles. The molecule has 4 nitrogen and oxygen atoms in total. The minimum Gasteiger partial charge on any atom is -0.369 e. The second-order valence-electron chi connectivity index (χ2n) is 7.98. The van der Waals surface area contributed by atoms with E-state index in [0.717, 1.165) is 36.7 Å². The van der Waals surface area contributed by atoms with Crippen LogP contribution < -0.4 is 4.72 Å². The molecule has 2 aromatic carbocycles. The first-order chi connectivity index (χ1) is 14.5. The number of halogens is 1. The number of rotatable bonds is 9. The van der Waals surface area contributed by atoms with Gasteiger partial charge in [-0.2, -0.15) is 0 Å². The molecule has 1 heterocycles. The fraction of sp³-hybridized carbons (Fsp3) is 0.458. The molecule has 4 atom stereocenters. The highest BCUT2D eigenvalue weighted by atomic mass is 32.2. The number of nitrogens with one attached hydrogen (secondary N) is 1. The molecule has 0 spiro atoms. The molecule has 0 bridgehead atoms. The van der Waals surface area contributed by atoms with Gasteiger partial charge in [-0.15, -0.1) is 0 Å². The standard InChI is InChI=1S/C24H31FN2O2S/c1-17(15-28)29-16-22-10-11-23(26-30-3)24(27(22)2)13-18-6-4-7-19(12-18)20-8-5-9-21(25)14-20/h4-9,12,14-15,17,22-24,26H,10-11,13,16H2,1-3H3. The van der Waals surface area contributed by atoms with Gasteiger partial charge in [0.1, 0.15) is 18.2 Å². The highest BCUT2D eigenvalue weighted by Gasteiger charge is 2.35. The molecule has 2 aromatic rings. The maximum atomic E-state index is 13.7. The predicted molar refractivity (Wildman–Crippen MR) is 122 cm³/mol. The van der Waals surface area contributed by atoms with Crippen LogP contribution >= 0.6 is 11.9 Å². The first kappa shape index (κ1) is 22.9. The summed E-state index contributed by atoms with van der Waals surface area (Å²) in [7, 11) is 2.15. The third kappa shape index (κ3) is 5.91. The molecule has 1 aliphatic heterocycles. The zero-order valence-electron chi connectivity index (χ0n) is 17.9. The number of ether oxygens (including phenoxy) is 1. The summed E-state index contributed by atoms with van der Waals surface area (Å²) in [5.74, 6) is -0.221. The molecule has 1 fully saturated rings. The van der Waals surface area contributed by atoms with E-state index in [1.165, 1.54) is 11.6 Å². The highest BCUT2D eigenvalue weighted by Crippen LogP contribution is 2.28. The topological polar surface area (TPSA) is 41.6 Å². The molecule has 1 aliphatic rings. The monoisotopic (exact) mass is 430 g/mol. The van der Waals surface area contributed by atoms with Crippen LogP contribution in [0, 0.1) is 5.82 Å². The molecule has 1 N–H and O–H groups in total. The van der Waals surface area contributed by atoms with Crippen molar-refractivity contribution >= 4 is 18.2 Å². The zero-order chi connectivity index (χ0) is 21.5. The quantitative estimate of drug-likeness (QED) is 0.474. The van der Waals surface area contributed by atoms with Gasteiger partial charge in [0.2, 0.25) is 0 Å². The van der Waals surface area contributed by atoms with E-state index in [1.807, 2.05) is 18.2 Å². The predicted octanol–water partition coefficient (Wildman–Crippen LogP) is 4.34. The maximum Gasteiger partial charge on any atom is 0.148 e. The van der Waals surface area contributed by atoms with Crippen LogP contribution in [0.2, 0.25) is 0 Å². The van der Waals surface area contributed by atoms with Gasteiger partial charge in [-0.1, -0.05) is 48.3 Å². The third-order valence-electron chi connectivity index (χ3n) is 5.92. The van der Waals surface area contributed by atoms with Crippen LogP contribution in [-0.2, 0) is 16.0 Å². The van der Waals surface area contributed by atoms with Crippen molar-refractivity contribution in [3.05, 3.63) is 59.9 Å². The number of carbonyl (C=O) groups is 1. The van der Waals surface area contributed by atoms with E-state index in [9.17, 15) is 9.18 Å². The Morgan fingerprint density at radius 2 is 1.97 bits per heavy atom. The third-order valence-corrected chi connectivity index (χ3v) is 6.46. The fourth-order valence-corrected chi connectivity index (χ4v) is 4.77. The van der Waals surface area contributed by atoms with Gasteiger partial charge in [0.05, 0.1) is 6.61 Å². The van der Waals surface area contributed by atoms with E-state index in [2.05, 4.69) is 35.1 Å². The van der Waals surface area contributed by atoms with Gasteiger partial charge in [0.15, 0.2) is 0 Å². The molecule has 162 valence electrons. The Bertz CT molecular complexity index is 834. The van der Waals surface area contributed by atoms with Crippen LogP contribution in [0.1, 0.15) is 25.3 Å². The average molecular weight is 431 g/mol. The number of hydrogen-bond donors (Lipinski definition) is 1. The molecule has 0 amide bonds. The summed E-state index contributed by atoms with van der Waals surface area (Å²) < 4.78 is 22.9. The van der Waals surface area contributed by atoms with E-state index < -0.39 is 0 Å². The summed E-state index contributed by atoms with van der Waals surface area (Å²) in [5, 5.41) is 0. The zero-order valence-corrected chi connectivity index (χ0v) is 18.7. The van der Waals surface area contributed by atoms with E-state index in [1.54, 1.807) is 31.0 Å². The number of nitrogens with zero attached hydrogens (tertiary/aromatic N) is 1. The van der Waals surface area contributed by atoms with E-state index in [4.69, 9.17) is 4.74 Å². The van der Waals surface area contributed by atoms with Gasteiger partial charge < -0.3 is 9.53 Å². The van der Waals surface area contributed by atoms with Crippen LogP contribution in [0.25, 0.3) is 11.1 Å². The Kier molecular flexibility index (Phi) is 8.45. The number of benzene rings is 2. The second kappa shape index (κ2) is 11.0. The normalized spacial score (nSPS) is 23.3. The Hall–Kier alpha value is -1.73. The smallest absolute Gasteiger partial charge is 0.148 e.